The van der Waals surface area contributed by atoms with E-state index in [0.29, 0.717) is 17.5 Å². The predicted molar refractivity (Wildman–Crippen MR) is 121 cm³/mol. The maximum absolute atomic E-state index is 2.69. The van der Waals surface area contributed by atoms with Gasteiger partial charge in [-0.3, -0.25) is 4.90 Å². The van der Waals surface area contributed by atoms with Crippen LogP contribution in [0, 0.1) is 40.9 Å². The second-order valence-corrected chi connectivity index (χ2v) is 10.7. The van der Waals surface area contributed by atoms with Gasteiger partial charge in [-0.2, -0.15) is 0 Å². The molecule has 26 heavy (non-hydrogen) atoms. The van der Waals surface area contributed by atoms with Crippen LogP contribution in [0.15, 0.2) is 0 Å². The van der Waals surface area contributed by atoms with Crippen molar-refractivity contribution in [2.45, 2.75) is 115 Å². The standard InChI is InChI=1S/C25H53N/c1-14-24(25(12,13)22(11)26(15-2)19(7)8)21(10)23(18(5)6)16-20(9)17(3)4/h17-24H,14-16H2,1-13H3. The molecule has 0 saturated carbocycles. The second kappa shape index (κ2) is 11.1. The first-order chi connectivity index (χ1) is 11.8. The maximum Gasteiger partial charge on any atom is 0.0123 e. The first-order valence-electron chi connectivity index (χ1n) is 11.6. The third-order valence-electron chi connectivity index (χ3n) is 7.95. The summed E-state index contributed by atoms with van der Waals surface area (Å²) in [6.45, 7) is 32.8. The van der Waals surface area contributed by atoms with E-state index in [9.17, 15) is 0 Å². The molecule has 0 N–H and O–H groups in total. The molecular formula is C25H53N. The van der Waals surface area contributed by atoms with Gasteiger partial charge in [-0.15, -0.1) is 0 Å². The molecule has 0 aromatic heterocycles. The van der Waals surface area contributed by atoms with E-state index < -0.39 is 0 Å². The molecule has 0 spiro atoms. The van der Waals surface area contributed by atoms with Crippen LogP contribution in [0.25, 0.3) is 0 Å². The Morgan fingerprint density at radius 1 is 0.769 bits per heavy atom. The van der Waals surface area contributed by atoms with Crippen LogP contribution < -0.4 is 0 Å². The Hall–Kier alpha value is -0.0400. The lowest BCUT2D eigenvalue weighted by Gasteiger charge is -2.50. The fourth-order valence-electron chi connectivity index (χ4n) is 5.49. The van der Waals surface area contributed by atoms with Gasteiger partial charge in [-0.25, -0.2) is 0 Å². The van der Waals surface area contributed by atoms with Gasteiger partial charge in [0.05, 0.1) is 0 Å². The van der Waals surface area contributed by atoms with Crippen LogP contribution >= 0.6 is 0 Å². The number of rotatable bonds is 12. The molecule has 0 radical (unpaired) electrons. The largest absolute Gasteiger partial charge is 0.298 e. The van der Waals surface area contributed by atoms with Crippen LogP contribution in [0.2, 0.25) is 0 Å². The molecule has 5 unspecified atom stereocenters. The lowest BCUT2D eigenvalue weighted by atomic mass is 9.61. The van der Waals surface area contributed by atoms with Crippen molar-refractivity contribution in [2.24, 2.45) is 40.9 Å². The summed E-state index contributed by atoms with van der Waals surface area (Å²) in [6.07, 6.45) is 2.66. The molecule has 0 aliphatic heterocycles. The Balaban J connectivity index is 5.60. The molecule has 0 aromatic carbocycles. The van der Waals surface area contributed by atoms with Crippen LogP contribution in [0.1, 0.15) is 103 Å². The minimum atomic E-state index is 0.322. The minimum absolute atomic E-state index is 0.322. The Kier molecular flexibility index (Phi) is 11.1. The summed E-state index contributed by atoms with van der Waals surface area (Å²) in [5, 5.41) is 0. The third-order valence-corrected chi connectivity index (χ3v) is 7.95. The smallest absolute Gasteiger partial charge is 0.0123 e. The van der Waals surface area contributed by atoms with E-state index in [4.69, 9.17) is 0 Å². The minimum Gasteiger partial charge on any atom is -0.298 e. The van der Waals surface area contributed by atoms with Crippen molar-refractivity contribution in [3.63, 3.8) is 0 Å². The van der Waals surface area contributed by atoms with E-state index in [1.165, 1.54) is 12.8 Å². The molecule has 0 amide bonds. The number of hydrogen-bond acceptors (Lipinski definition) is 1. The summed E-state index contributed by atoms with van der Waals surface area (Å²) in [5.74, 6) is 4.70. The SMILES string of the molecule is CCC(C(C)C(CC(C)C(C)C)C(C)C)C(C)(C)C(C)N(CC)C(C)C. The Labute approximate surface area is 167 Å². The summed E-state index contributed by atoms with van der Waals surface area (Å²) in [4.78, 5) is 2.69. The molecule has 0 rings (SSSR count). The van der Waals surface area contributed by atoms with Crippen LogP contribution in [0.5, 0.6) is 0 Å². The fourth-order valence-corrected chi connectivity index (χ4v) is 5.49. The molecule has 5 atom stereocenters. The van der Waals surface area contributed by atoms with Gasteiger partial charge in [0, 0.05) is 12.1 Å². The second-order valence-electron chi connectivity index (χ2n) is 10.7. The van der Waals surface area contributed by atoms with E-state index in [-0.39, 0.29) is 0 Å². The van der Waals surface area contributed by atoms with Gasteiger partial charge in [-0.05, 0) is 74.7 Å². The third kappa shape index (κ3) is 6.54. The van der Waals surface area contributed by atoms with E-state index in [2.05, 4.69) is 94.9 Å². The molecule has 0 heterocycles. The highest BCUT2D eigenvalue weighted by atomic mass is 15.2. The summed E-state index contributed by atoms with van der Waals surface area (Å²) in [5.41, 5.74) is 0.322. The molecule has 0 aromatic rings. The van der Waals surface area contributed by atoms with Gasteiger partial charge in [0.15, 0.2) is 0 Å². The molecule has 0 fully saturated rings. The summed E-state index contributed by atoms with van der Waals surface area (Å²) >= 11 is 0. The highest BCUT2D eigenvalue weighted by molar-refractivity contribution is 4.93. The van der Waals surface area contributed by atoms with Crippen molar-refractivity contribution in [3.05, 3.63) is 0 Å². The van der Waals surface area contributed by atoms with Gasteiger partial charge in [0.1, 0.15) is 0 Å². The molecule has 0 bridgehead atoms. The van der Waals surface area contributed by atoms with E-state index in [1.807, 2.05) is 0 Å². The Bertz CT molecular complexity index is 368. The molecular weight excluding hydrogens is 314 g/mol. The van der Waals surface area contributed by atoms with Crippen molar-refractivity contribution in [3.8, 4) is 0 Å². The average molecular weight is 368 g/mol. The first-order valence-corrected chi connectivity index (χ1v) is 11.6. The monoisotopic (exact) mass is 367 g/mol. The lowest BCUT2D eigenvalue weighted by molar-refractivity contribution is -0.00889. The lowest BCUT2D eigenvalue weighted by Crippen LogP contribution is -2.51. The van der Waals surface area contributed by atoms with Crippen molar-refractivity contribution >= 4 is 0 Å². The molecule has 0 aliphatic rings. The zero-order valence-corrected chi connectivity index (χ0v) is 20.7. The van der Waals surface area contributed by atoms with Crippen LogP contribution in [0.3, 0.4) is 0 Å². The highest BCUT2D eigenvalue weighted by Crippen LogP contribution is 2.46. The van der Waals surface area contributed by atoms with Crippen LogP contribution in [0.4, 0.5) is 0 Å². The van der Waals surface area contributed by atoms with Crippen LogP contribution in [-0.2, 0) is 0 Å². The molecule has 1 heteroatoms. The van der Waals surface area contributed by atoms with Crippen molar-refractivity contribution in [1.29, 1.82) is 0 Å². The molecule has 158 valence electrons. The zero-order chi connectivity index (χ0) is 20.8. The summed E-state index contributed by atoms with van der Waals surface area (Å²) in [6, 6.07) is 1.22. The fraction of sp³-hybridized carbons (Fsp3) is 1.00. The number of nitrogens with zero attached hydrogens (tertiary/aromatic N) is 1. The number of hydrogen-bond donors (Lipinski definition) is 0. The highest BCUT2D eigenvalue weighted by Gasteiger charge is 2.42. The van der Waals surface area contributed by atoms with Crippen molar-refractivity contribution < 1.29 is 0 Å². The van der Waals surface area contributed by atoms with Gasteiger partial charge in [-0.1, -0.05) is 75.7 Å². The van der Waals surface area contributed by atoms with Crippen molar-refractivity contribution in [1.82, 2.24) is 4.90 Å². The summed E-state index contributed by atoms with van der Waals surface area (Å²) in [7, 11) is 0. The Morgan fingerprint density at radius 2 is 1.27 bits per heavy atom. The summed E-state index contributed by atoms with van der Waals surface area (Å²) < 4.78 is 0. The van der Waals surface area contributed by atoms with E-state index >= 15 is 0 Å². The van der Waals surface area contributed by atoms with Crippen molar-refractivity contribution in [2.75, 3.05) is 6.54 Å². The van der Waals surface area contributed by atoms with E-state index in [1.54, 1.807) is 0 Å². The normalized spacial score (nSPS) is 19.3. The van der Waals surface area contributed by atoms with Gasteiger partial charge < -0.3 is 0 Å². The quantitative estimate of drug-likeness (QED) is 0.341. The van der Waals surface area contributed by atoms with Gasteiger partial charge >= 0.3 is 0 Å². The Morgan fingerprint density at radius 3 is 1.58 bits per heavy atom. The van der Waals surface area contributed by atoms with E-state index in [0.717, 1.165) is 42.1 Å². The average Bonchev–Trinajstić information content (AvgIpc) is 2.52. The molecule has 1 nitrogen and oxygen atoms in total. The van der Waals surface area contributed by atoms with Gasteiger partial charge in [0.2, 0.25) is 0 Å². The zero-order valence-electron chi connectivity index (χ0n) is 20.7. The van der Waals surface area contributed by atoms with Gasteiger partial charge in [0.25, 0.3) is 0 Å². The molecule has 0 saturated heterocycles. The maximum atomic E-state index is 2.69. The molecule has 0 aliphatic carbocycles. The van der Waals surface area contributed by atoms with Crippen LogP contribution in [-0.4, -0.2) is 23.5 Å². The predicted octanol–water partition coefficient (Wildman–Crippen LogP) is 7.75. The topological polar surface area (TPSA) is 3.24 Å². The first kappa shape index (κ1) is 26.0.